The molecule has 7 aliphatic rings. The predicted octanol–water partition coefficient (Wildman–Crippen LogP) is 15.6. The number of hydrogen-bond donors (Lipinski definition) is 0. The summed E-state index contributed by atoms with van der Waals surface area (Å²) in [5, 5.41) is 0. The van der Waals surface area contributed by atoms with E-state index in [1.165, 1.54) is 66.8 Å². The van der Waals surface area contributed by atoms with Gasteiger partial charge in [0, 0.05) is 26.7 Å². The van der Waals surface area contributed by atoms with Gasteiger partial charge in [-0.3, -0.25) is 0 Å². The molecule has 0 atom stereocenters. The summed E-state index contributed by atoms with van der Waals surface area (Å²) < 4.78 is 50.5. The van der Waals surface area contributed by atoms with Crippen molar-refractivity contribution in [1.29, 1.82) is 0 Å². The normalized spacial score (nSPS) is 20.7. The molecule has 15 rings (SSSR count). The molecule has 0 bridgehead atoms. The van der Waals surface area contributed by atoms with E-state index in [-0.39, 0.29) is 39.0 Å². The van der Waals surface area contributed by atoms with Crippen LogP contribution in [0.2, 0.25) is 0 Å². The third-order valence-corrected chi connectivity index (χ3v) is 19.5. The second-order valence-electron chi connectivity index (χ2n) is 25.1. The molecule has 0 saturated carbocycles. The zero-order valence-corrected chi connectivity index (χ0v) is 49.3. The van der Waals surface area contributed by atoms with Gasteiger partial charge in [0.15, 0.2) is 0 Å². The fourth-order valence-electron chi connectivity index (χ4n) is 12.8. The van der Waals surface area contributed by atoms with E-state index in [9.17, 15) is 0 Å². The highest BCUT2D eigenvalue weighted by atomic mass is 79.9. The van der Waals surface area contributed by atoms with Crippen molar-refractivity contribution in [1.82, 2.24) is 0 Å². The summed E-state index contributed by atoms with van der Waals surface area (Å²) in [7, 11) is -1.35. The monoisotopic (exact) mass is 1120 g/mol. The summed E-state index contributed by atoms with van der Waals surface area (Å²) in [6.07, 6.45) is 0. The van der Waals surface area contributed by atoms with E-state index in [2.05, 4.69) is 201 Å². The zero-order valence-electron chi connectivity index (χ0n) is 47.7. The lowest BCUT2D eigenvalue weighted by molar-refractivity contribution is 0.00578. The van der Waals surface area contributed by atoms with Crippen molar-refractivity contribution >= 4 is 42.5 Å². The molecule has 2 aliphatic carbocycles. The maximum absolute atomic E-state index is 6.41. The molecule has 0 radical (unpaired) electrons. The molecule has 3 fully saturated rings. The van der Waals surface area contributed by atoms with Crippen LogP contribution >= 0.6 is 15.9 Å². The van der Waals surface area contributed by atoms with Gasteiger partial charge in [0.25, 0.3) is 0 Å². The van der Waals surface area contributed by atoms with Gasteiger partial charge in [0.1, 0.15) is 23.0 Å². The minimum Gasteiger partial charge on any atom is -0.457 e. The smallest absolute Gasteiger partial charge is 0.457 e. The molecule has 8 aromatic rings. The van der Waals surface area contributed by atoms with Gasteiger partial charge in [0.2, 0.25) is 0 Å². The zero-order chi connectivity index (χ0) is 56.0. The first-order chi connectivity index (χ1) is 38.0. The summed E-state index contributed by atoms with van der Waals surface area (Å²) in [4.78, 5) is 0. The van der Waals surface area contributed by atoms with E-state index < -0.39 is 26.6 Å². The summed E-state index contributed by atoms with van der Waals surface area (Å²) in [5.74, 6) is 3.68. The van der Waals surface area contributed by atoms with Crippen molar-refractivity contribution in [3.05, 3.63) is 231 Å². The molecule has 0 amide bonds. The lowest BCUT2D eigenvalue weighted by atomic mass is 9.49. The minimum absolute atomic E-state index is 0.349. The number of ether oxygens (including phenoxy) is 2. The Kier molecular flexibility index (Phi) is 12.2. The van der Waals surface area contributed by atoms with Gasteiger partial charge in [-0.25, -0.2) is 0 Å². The van der Waals surface area contributed by atoms with Gasteiger partial charge in [-0.05, 0) is 169 Å². The van der Waals surface area contributed by atoms with E-state index in [0.717, 1.165) is 32.9 Å². The van der Waals surface area contributed by atoms with Crippen LogP contribution in [0.1, 0.15) is 128 Å². The third-order valence-electron chi connectivity index (χ3n) is 19.0. The predicted molar refractivity (Wildman–Crippen MR) is 323 cm³/mol. The van der Waals surface area contributed by atoms with Crippen LogP contribution in [0, 0.1) is 0 Å². The molecule has 0 N–H and O–H groups in total. The minimum atomic E-state index is -0.476. The van der Waals surface area contributed by atoms with Crippen LogP contribution in [0.15, 0.2) is 186 Å². The van der Waals surface area contributed by atoms with Crippen LogP contribution in [0.4, 0.5) is 0 Å². The molecular weight excluding hydrogens is 1060 g/mol. The van der Waals surface area contributed by atoms with Gasteiger partial charge in [-0.2, -0.15) is 0 Å². The van der Waals surface area contributed by atoms with E-state index in [4.69, 9.17) is 37.4 Å². The SMILES string of the molecule is Brc1ccc2c(c1)-c1ccccc1C21c2ccccc2Oc2ccccc21.CC1(C)OB(B2OC(C)(C)C(C)(C)O2)OC1(C)C.CC1(C)OB(c2ccc3c(c2)-c2ccccc2C32c3ccccc3Oc3ccccc32)OC1(C)C. The van der Waals surface area contributed by atoms with Crippen molar-refractivity contribution in [3.63, 3.8) is 0 Å². The topological polar surface area (TPSA) is 73.8 Å². The molecule has 0 unspecified atom stereocenters. The first-order valence-corrected chi connectivity index (χ1v) is 28.7. The van der Waals surface area contributed by atoms with Gasteiger partial charge in [-0.1, -0.05) is 162 Å². The number of para-hydroxylation sites is 4. The van der Waals surface area contributed by atoms with Crippen molar-refractivity contribution in [2.75, 3.05) is 0 Å². The van der Waals surface area contributed by atoms with Crippen molar-refractivity contribution in [2.45, 2.75) is 128 Å². The quantitative estimate of drug-likeness (QED) is 0.159. The lowest BCUT2D eigenvalue weighted by Crippen LogP contribution is -2.41. The maximum Gasteiger partial charge on any atom is 0.494 e. The first-order valence-electron chi connectivity index (χ1n) is 28.0. The highest BCUT2D eigenvalue weighted by Gasteiger charge is 2.64. The summed E-state index contributed by atoms with van der Waals surface area (Å²) in [6.45, 7) is 24.6. The van der Waals surface area contributed by atoms with Crippen LogP contribution in [-0.2, 0) is 38.8 Å². The van der Waals surface area contributed by atoms with E-state index in [1.54, 1.807) is 0 Å². The van der Waals surface area contributed by atoms with E-state index in [0.29, 0.717) is 0 Å². The Morgan fingerprint density at radius 2 is 0.575 bits per heavy atom. The summed E-state index contributed by atoms with van der Waals surface area (Å²) in [5.41, 5.74) is 13.0. The number of rotatable bonds is 2. The van der Waals surface area contributed by atoms with Crippen LogP contribution < -0.4 is 14.9 Å². The summed E-state index contributed by atoms with van der Waals surface area (Å²) >= 11 is 3.67. The molecule has 402 valence electrons. The van der Waals surface area contributed by atoms with E-state index in [1.807, 2.05) is 79.7 Å². The highest BCUT2D eigenvalue weighted by molar-refractivity contribution is 9.10. The first kappa shape index (κ1) is 53.1. The van der Waals surface area contributed by atoms with Crippen molar-refractivity contribution in [2.24, 2.45) is 0 Å². The Bertz CT molecular complexity index is 3620. The Morgan fingerprint density at radius 3 is 0.950 bits per heavy atom. The van der Waals surface area contributed by atoms with Gasteiger partial charge in [-0.15, -0.1) is 0 Å². The molecule has 8 nitrogen and oxygen atoms in total. The van der Waals surface area contributed by atoms with Crippen LogP contribution in [0.25, 0.3) is 22.3 Å². The molecule has 80 heavy (non-hydrogen) atoms. The Labute approximate surface area is 481 Å². The fraction of sp³-hybridized carbons (Fsp3) is 0.294. The fourth-order valence-corrected chi connectivity index (χ4v) is 13.2. The second-order valence-corrected chi connectivity index (χ2v) is 26.0. The molecule has 2 spiro atoms. The van der Waals surface area contributed by atoms with Gasteiger partial charge >= 0.3 is 21.1 Å². The Morgan fingerprint density at radius 1 is 0.287 bits per heavy atom. The van der Waals surface area contributed by atoms with Crippen molar-refractivity contribution < 1.29 is 37.4 Å². The lowest BCUT2D eigenvalue weighted by Gasteiger charge is -2.39. The molecule has 8 aromatic carbocycles. The largest absolute Gasteiger partial charge is 0.494 e. The molecule has 0 aromatic heterocycles. The Hall–Kier alpha value is -6.21. The number of benzene rings is 8. The van der Waals surface area contributed by atoms with Crippen LogP contribution in [0.5, 0.6) is 23.0 Å². The number of fused-ring (bicyclic) bond motifs is 18. The van der Waals surface area contributed by atoms with Crippen molar-refractivity contribution in [3.8, 4) is 45.3 Å². The van der Waals surface area contributed by atoms with Crippen LogP contribution in [-0.4, -0.2) is 54.7 Å². The molecule has 12 heteroatoms. The van der Waals surface area contributed by atoms with Gasteiger partial charge in [0.05, 0.1) is 44.4 Å². The summed E-state index contributed by atoms with van der Waals surface area (Å²) in [6, 6.07) is 64.6. The average molecular weight is 1120 g/mol. The highest BCUT2D eigenvalue weighted by Crippen LogP contribution is 2.64. The molecule has 5 heterocycles. The molecule has 5 aliphatic heterocycles. The number of halogens is 1. The van der Waals surface area contributed by atoms with E-state index >= 15 is 0 Å². The standard InChI is InChI=1S/C31H27BO3.C25H15BrO.C12H24B2O4/c1-29(2)30(3,4)35-32(34-29)20-17-18-24-22(19-20)21-11-5-6-12-23(21)31(24)25-13-7-9-15-27(25)33-28-16-10-8-14-26(28)31;26-16-13-14-20-18(15-16)17-7-1-2-8-19(17)25(20)21-9-3-5-11-23(21)27-24-12-6-4-10-22(24)25;1-9(2)10(3,4)16-13(15-9)14-17-11(5,6)12(7,8)18-14/h5-19H,1-4H3;1-15H;1-8H3. The Balaban J connectivity index is 0.000000120. The van der Waals surface area contributed by atoms with Crippen LogP contribution in [0.3, 0.4) is 0 Å². The third kappa shape index (κ3) is 7.80. The molecular formula is C68H66B3BrO8. The average Bonchev–Trinajstić information content (AvgIpc) is 4.12. The maximum atomic E-state index is 6.41. The second kappa shape index (κ2) is 18.4. The number of hydrogen-bond acceptors (Lipinski definition) is 8. The molecule has 3 saturated heterocycles. The van der Waals surface area contributed by atoms with Gasteiger partial charge < -0.3 is 37.4 Å².